The maximum atomic E-state index is 13.6. The van der Waals surface area contributed by atoms with E-state index in [9.17, 15) is 9.18 Å². The van der Waals surface area contributed by atoms with Crippen LogP contribution in [0, 0.1) is 12.7 Å². The quantitative estimate of drug-likeness (QED) is 0.700. The van der Waals surface area contributed by atoms with Gasteiger partial charge in [-0.25, -0.2) is 9.37 Å². The van der Waals surface area contributed by atoms with E-state index in [1.54, 1.807) is 36.5 Å². The highest BCUT2D eigenvalue weighted by Crippen LogP contribution is 2.16. The van der Waals surface area contributed by atoms with E-state index < -0.39 is 0 Å². The smallest absolute Gasteiger partial charge is 0.269 e. The molecule has 2 N–H and O–H groups in total. The molecule has 4 nitrogen and oxygen atoms in total. The predicted octanol–water partition coefficient (Wildman–Crippen LogP) is 4.25. The largest absolute Gasteiger partial charge is 0.354 e. The summed E-state index contributed by atoms with van der Waals surface area (Å²) >= 11 is 0. The van der Waals surface area contributed by atoms with E-state index in [1.807, 2.05) is 31.2 Å². The minimum absolute atomic E-state index is 0.258. The van der Waals surface area contributed by atoms with Gasteiger partial charge in [0.2, 0.25) is 0 Å². The van der Waals surface area contributed by atoms with Crippen LogP contribution >= 0.6 is 0 Å². The highest BCUT2D eigenvalue weighted by molar-refractivity contribution is 5.92. The molecule has 26 heavy (non-hydrogen) atoms. The number of nitrogens with one attached hydrogen (secondary N) is 2. The van der Waals surface area contributed by atoms with Gasteiger partial charge in [0.1, 0.15) is 11.5 Å². The van der Waals surface area contributed by atoms with Crippen LogP contribution in [-0.4, -0.2) is 17.4 Å². The van der Waals surface area contributed by atoms with Gasteiger partial charge in [-0.15, -0.1) is 0 Å². The molecule has 1 aromatic heterocycles. The van der Waals surface area contributed by atoms with E-state index in [0.717, 1.165) is 11.4 Å². The van der Waals surface area contributed by atoms with Crippen LogP contribution < -0.4 is 10.6 Å². The van der Waals surface area contributed by atoms with Gasteiger partial charge in [0, 0.05) is 12.2 Å². The van der Waals surface area contributed by atoms with Gasteiger partial charge in [0.05, 0.1) is 11.9 Å². The second-order valence-corrected chi connectivity index (χ2v) is 6.02. The maximum Gasteiger partial charge on any atom is 0.269 e. The summed E-state index contributed by atoms with van der Waals surface area (Å²) in [5, 5.41) is 5.99. The molecule has 0 aliphatic heterocycles. The summed E-state index contributed by atoms with van der Waals surface area (Å²) in [6.07, 6.45) is 2.05. The number of anilines is 2. The zero-order valence-electron chi connectivity index (χ0n) is 14.5. The molecule has 1 heterocycles. The number of amides is 1. The first-order valence-electron chi connectivity index (χ1n) is 8.43. The normalized spacial score (nSPS) is 10.4. The highest BCUT2D eigenvalue weighted by Gasteiger charge is 2.07. The van der Waals surface area contributed by atoms with Crippen molar-refractivity contribution in [2.45, 2.75) is 13.3 Å². The van der Waals surface area contributed by atoms with E-state index in [2.05, 4.69) is 15.6 Å². The molecule has 1 amide bonds. The average molecular weight is 349 g/mol. The van der Waals surface area contributed by atoms with Crippen LogP contribution in [0.5, 0.6) is 0 Å². The number of aromatic nitrogens is 1. The first-order chi connectivity index (χ1) is 12.6. The molecule has 2 aromatic carbocycles. The van der Waals surface area contributed by atoms with Crippen LogP contribution in [0.4, 0.5) is 15.8 Å². The van der Waals surface area contributed by atoms with Gasteiger partial charge in [0.15, 0.2) is 0 Å². The Labute approximate surface area is 152 Å². The second kappa shape index (κ2) is 8.25. The Kier molecular flexibility index (Phi) is 5.59. The molecule has 3 aromatic rings. The topological polar surface area (TPSA) is 54.0 Å². The number of nitrogens with zero attached hydrogens (tertiary/aromatic N) is 1. The van der Waals surface area contributed by atoms with Crippen molar-refractivity contribution >= 4 is 17.3 Å². The molecule has 3 rings (SSSR count). The molecule has 0 radical (unpaired) electrons. The molecule has 0 atom stereocenters. The number of benzene rings is 2. The van der Waals surface area contributed by atoms with Gasteiger partial charge < -0.3 is 10.6 Å². The lowest BCUT2D eigenvalue weighted by Crippen LogP contribution is -2.26. The monoisotopic (exact) mass is 349 g/mol. The van der Waals surface area contributed by atoms with Crippen LogP contribution in [0.15, 0.2) is 66.9 Å². The third kappa shape index (κ3) is 4.66. The molecular weight excluding hydrogens is 329 g/mol. The number of aryl methyl sites for hydroxylation is 1. The lowest BCUT2D eigenvalue weighted by Gasteiger charge is -2.08. The molecule has 0 saturated heterocycles. The van der Waals surface area contributed by atoms with Gasteiger partial charge >= 0.3 is 0 Å². The summed E-state index contributed by atoms with van der Waals surface area (Å²) in [5.41, 5.74) is 3.86. The van der Waals surface area contributed by atoms with Crippen LogP contribution in [-0.2, 0) is 6.42 Å². The summed E-state index contributed by atoms with van der Waals surface area (Å²) in [6, 6.07) is 18.0. The van der Waals surface area contributed by atoms with Crippen molar-refractivity contribution in [2.24, 2.45) is 0 Å². The van der Waals surface area contributed by atoms with Crippen molar-refractivity contribution < 1.29 is 9.18 Å². The zero-order valence-corrected chi connectivity index (χ0v) is 14.5. The first kappa shape index (κ1) is 17.6. The molecule has 0 bridgehead atoms. The number of halogens is 1. The minimum Gasteiger partial charge on any atom is -0.354 e. The molecule has 0 saturated carbocycles. The fourth-order valence-electron chi connectivity index (χ4n) is 2.51. The Morgan fingerprint density at radius 2 is 1.73 bits per heavy atom. The van der Waals surface area contributed by atoms with E-state index in [0.29, 0.717) is 24.2 Å². The second-order valence-electron chi connectivity index (χ2n) is 6.02. The molecule has 0 spiro atoms. The lowest BCUT2D eigenvalue weighted by atomic mass is 10.1. The molecule has 5 heteroatoms. The summed E-state index contributed by atoms with van der Waals surface area (Å²) in [4.78, 5) is 16.3. The van der Waals surface area contributed by atoms with E-state index in [1.165, 1.54) is 11.6 Å². The van der Waals surface area contributed by atoms with Crippen molar-refractivity contribution in [1.29, 1.82) is 0 Å². The zero-order chi connectivity index (χ0) is 18.4. The lowest BCUT2D eigenvalue weighted by molar-refractivity contribution is 0.0949. The molecule has 132 valence electrons. The molecule has 0 aliphatic carbocycles. The molecule has 0 unspecified atom stereocenters. The third-order valence-electron chi connectivity index (χ3n) is 3.97. The SMILES string of the molecule is Cc1ccc(Nc2ccc(C(=O)NCCc3ccccc3F)nc2)cc1. The van der Waals surface area contributed by atoms with E-state index in [4.69, 9.17) is 0 Å². The van der Waals surface area contributed by atoms with Crippen molar-refractivity contribution in [2.75, 3.05) is 11.9 Å². The van der Waals surface area contributed by atoms with Crippen LogP contribution in [0.3, 0.4) is 0 Å². The van der Waals surface area contributed by atoms with Crippen molar-refractivity contribution in [1.82, 2.24) is 10.3 Å². The van der Waals surface area contributed by atoms with Crippen molar-refractivity contribution in [3.05, 3.63) is 89.5 Å². The summed E-state index contributed by atoms with van der Waals surface area (Å²) in [7, 11) is 0. The van der Waals surface area contributed by atoms with Gasteiger partial charge in [-0.1, -0.05) is 35.9 Å². The molecule has 0 aliphatic rings. The standard InChI is InChI=1S/C21H20FN3O/c1-15-6-8-17(9-7-15)25-18-10-11-20(24-14-18)21(26)23-13-12-16-4-2-3-5-19(16)22/h2-11,14,25H,12-13H2,1H3,(H,23,26). The van der Waals surface area contributed by atoms with Gasteiger partial charge in [-0.05, 0) is 49.2 Å². The number of carbonyl (C=O) groups excluding carboxylic acids is 1. The fraction of sp³-hybridized carbons (Fsp3) is 0.143. The predicted molar refractivity (Wildman–Crippen MR) is 101 cm³/mol. The molecular formula is C21H20FN3O. The summed E-state index contributed by atoms with van der Waals surface area (Å²) < 4.78 is 13.6. The van der Waals surface area contributed by atoms with E-state index in [-0.39, 0.29) is 11.7 Å². The Hall–Kier alpha value is -3.21. The summed E-state index contributed by atoms with van der Waals surface area (Å²) in [5.74, 6) is -0.533. The van der Waals surface area contributed by atoms with Gasteiger partial charge in [-0.3, -0.25) is 4.79 Å². The molecule has 0 fully saturated rings. The minimum atomic E-state index is -0.275. The third-order valence-corrected chi connectivity index (χ3v) is 3.97. The Morgan fingerprint density at radius 3 is 2.42 bits per heavy atom. The maximum absolute atomic E-state index is 13.6. The van der Waals surface area contributed by atoms with Crippen molar-refractivity contribution in [3.63, 3.8) is 0 Å². The van der Waals surface area contributed by atoms with E-state index >= 15 is 0 Å². The number of hydrogen-bond acceptors (Lipinski definition) is 3. The number of hydrogen-bond donors (Lipinski definition) is 2. The fourth-order valence-corrected chi connectivity index (χ4v) is 2.51. The average Bonchev–Trinajstić information content (AvgIpc) is 2.66. The Bertz CT molecular complexity index is 877. The Morgan fingerprint density at radius 1 is 1.00 bits per heavy atom. The number of rotatable bonds is 6. The number of carbonyl (C=O) groups is 1. The summed E-state index contributed by atoms with van der Waals surface area (Å²) in [6.45, 7) is 2.38. The van der Waals surface area contributed by atoms with Crippen LogP contribution in [0.25, 0.3) is 0 Å². The highest BCUT2D eigenvalue weighted by atomic mass is 19.1. The van der Waals surface area contributed by atoms with Crippen LogP contribution in [0.2, 0.25) is 0 Å². The number of pyridine rings is 1. The van der Waals surface area contributed by atoms with Crippen molar-refractivity contribution in [3.8, 4) is 0 Å². The Balaban J connectivity index is 1.53. The van der Waals surface area contributed by atoms with Gasteiger partial charge in [0.25, 0.3) is 5.91 Å². The van der Waals surface area contributed by atoms with Gasteiger partial charge in [-0.2, -0.15) is 0 Å². The first-order valence-corrected chi connectivity index (χ1v) is 8.43. The van der Waals surface area contributed by atoms with Crippen LogP contribution in [0.1, 0.15) is 21.6 Å².